The standard InChI is InChI=1S/C17H21N3O/c1-20(11-16-18-17(21-19-16)13-6-7-13)15-9-8-12-4-2-3-5-14(12)10-15/h2-5,13,15H,6-11H2,1H3/t15-/m1/s1. The van der Waals surface area contributed by atoms with E-state index in [0.29, 0.717) is 12.0 Å². The van der Waals surface area contributed by atoms with Crippen LogP contribution in [-0.4, -0.2) is 28.1 Å². The summed E-state index contributed by atoms with van der Waals surface area (Å²) in [7, 11) is 2.17. The summed E-state index contributed by atoms with van der Waals surface area (Å²) < 4.78 is 5.35. The van der Waals surface area contributed by atoms with Crippen molar-refractivity contribution in [1.82, 2.24) is 15.0 Å². The highest BCUT2D eigenvalue weighted by Crippen LogP contribution is 2.38. The maximum Gasteiger partial charge on any atom is 0.229 e. The summed E-state index contributed by atoms with van der Waals surface area (Å²) in [6.07, 6.45) is 5.92. The van der Waals surface area contributed by atoms with Crippen molar-refractivity contribution >= 4 is 0 Å². The SMILES string of the molecule is CN(Cc1noc(C2CC2)n1)[C@@H]1CCc2ccccc2C1. The molecule has 0 radical (unpaired) electrons. The number of nitrogens with zero attached hydrogens (tertiary/aromatic N) is 3. The summed E-state index contributed by atoms with van der Waals surface area (Å²) in [5, 5.41) is 4.13. The molecule has 1 aromatic heterocycles. The first-order valence-electron chi connectivity index (χ1n) is 7.89. The fourth-order valence-corrected chi connectivity index (χ4v) is 3.23. The molecule has 0 N–H and O–H groups in total. The maximum absolute atomic E-state index is 5.35. The molecule has 1 heterocycles. The van der Waals surface area contributed by atoms with Gasteiger partial charge in [-0.2, -0.15) is 4.98 Å². The molecule has 4 rings (SSSR count). The van der Waals surface area contributed by atoms with Crippen LogP contribution >= 0.6 is 0 Å². The van der Waals surface area contributed by atoms with Gasteiger partial charge < -0.3 is 4.52 Å². The van der Waals surface area contributed by atoms with Gasteiger partial charge in [-0.1, -0.05) is 29.4 Å². The van der Waals surface area contributed by atoms with E-state index < -0.39 is 0 Å². The van der Waals surface area contributed by atoms with Gasteiger partial charge in [0.2, 0.25) is 5.89 Å². The zero-order valence-electron chi connectivity index (χ0n) is 12.5. The number of hydrogen-bond donors (Lipinski definition) is 0. The van der Waals surface area contributed by atoms with Gasteiger partial charge in [-0.15, -0.1) is 0 Å². The van der Waals surface area contributed by atoms with Crippen molar-refractivity contribution in [3.63, 3.8) is 0 Å². The molecule has 21 heavy (non-hydrogen) atoms. The molecule has 0 spiro atoms. The van der Waals surface area contributed by atoms with E-state index in [4.69, 9.17) is 4.52 Å². The number of likely N-dealkylation sites (N-methyl/N-ethyl adjacent to an activating group) is 1. The predicted molar refractivity (Wildman–Crippen MR) is 80.0 cm³/mol. The molecule has 4 nitrogen and oxygen atoms in total. The Morgan fingerprint density at radius 1 is 1.19 bits per heavy atom. The number of hydrogen-bond acceptors (Lipinski definition) is 4. The minimum Gasteiger partial charge on any atom is -0.339 e. The average molecular weight is 283 g/mol. The van der Waals surface area contributed by atoms with Gasteiger partial charge in [0.1, 0.15) is 0 Å². The summed E-state index contributed by atoms with van der Waals surface area (Å²) >= 11 is 0. The van der Waals surface area contributed by atoms with Crippen molar-refractivity contribution in [2.24, 2.45) is 0 Å². The lowest BCUT2D eigenvalue weighted by atomic mass is 9.88. The van der Waals surface area contributed by atoms with Crippen LogP contribution in [0.25, 0.3) is 0 Å². The van der Waals surface area contributed by atoms with Crippen LogP contribution < -0.4 is 0 Å². The van der Waals surface area contributed by atoms with E-state index in [-0.39, 0.29) is 0 Å². The molecule has 0 saturated heterocycles. The molecule has 0 aliphatic heterocycles. The smallest absolute Gasteiger partial charge is 0.229 e. The first-order valence-corrected chi connectivity index (χ1v) is 7.89. The molecule has 2 aromatic rings. The van der Waals surface area contributed by atoms with E-state index in [0.717, 1.165) is 24.7 Å². The van der Waals surface area contributed by atoms with Crippen molar-refractivity contribution < 1.29 is 4.52 Å². The zero-order valence-corrected chi connectivity index (χ0v) is 12.5. The Kier molecular flexibility index (Phi) is 3.26. The van der Waals surface area contributed by atoms with Gasteiger partial charge in [-0.3, -0.25) is 4.90 Å². The molecule has 0 bridgehead atoms. The Hall–Kier alpha value is -1.68. The molecule has 2 aliphatic carbocycles. The minimum atomic E-state index is 0.540. The van der Waals surface area contributed by atoms with Gasteiger partial charge in [0, 0.05) is 12.0 Å². The number of aromatic nitrogens is 2. The molecule has 0 amide bonds. The second-order valence-electron chi connectivity index (χ2n) is 6.40. The van der Waals surface area contributed by atoms with Crippen LogP contribution in [0, 0.1) is 0 Å². The highest BCUT2D eigenvalue weighted by molar-refractivity contribution is 5.30. The quantitative estimate of drug-likeness (QED) is 0.865. The van der Waals surface area contributed by atoms with Crippen LogP contribution in [-0.2, 0) is 19.4 Å². The van der Waals surface area contributed by atoms with E-state index in [1.165, 1.54) is 36.8 Å². The minimum absolute atomic E-state index is 0.540. The third-order valence-corrected chi connectivity index (χ3v) is 4.75. The van der Waals surface area contributed by atoms with E-state index in [1.807, 2.05) is 0 Å². The van der Waals surface area contributed by atoms with Crippen LogP contribution in [0.4, 0.5) is 0 Å². The summed E-state index contributed by atoms with van der Waals surface area (Å²) in [6.45, 7) is 0.781. The lowest BCUT2D eigenvalue weighted by molar-refractivity contribution is 0.206. The second kappa shape index (κ2) is 5.26. The molecular formula is C17H21N3O. The molecule has 1 atom stereocenters. The number of benzene rings is 1. The van der Waals surface area contributed by atoms with Crippen LogP contribution in [0.2, 0.25) is 0 Å². The van der Waals surface area contributed by atoms with Gasteiger partial charge in [0.15, 0.2) is 5.82 Å². The van der Waals surface area contributed by atoms with Crippen LogP contribution in [0.3, 0.4) is 0 Å². The first-order chi connectivity index (χ1) is 10.3. The van der Waals surface area contributed by atoms with Gasteiger partial charge in [0.25, 0.3) is 0 Å². The van der Waals surface area contributed by atoms with Crippen molar-refractivity contribution in [3.8, 4) is 0 Å². The highest BCUT2D eigenvalue weighted by Gasteiger charge is 2.30. The fourth-order valence-electron chi connectivity index (χ4n) is 3.23. The Bertz CT molecular complexity index is 632. The van der Waals surface area contributed by atoms with Gasteiger partial charge in [-0.25, -0.2) is 0 Å². The monoisotopic (exact) mass is 283 g/mol. The Labute approximate surface area is 125 Å². The highest BCUT2D eigenvalue weighted by atomic mass is 16.5. The van der Waals surface area contributed by atoms with Crippen molar-refractivity contribution in [2.45, 2.75) is 50.6 Å². The molecule has 1 fully saturated rings. The molecule has 1 aromatic carbocycles. The topological polar surface area (TPSA) is 42.2 Å². The lowest BCUT2D eigenvalue weighted by Crippen LogP contribution is -2.36. The largest absolute Gasteiger partial charge is 0.339 e. The molecular weight excluding hydrogens is 262 g/mol. The van der Waals surface area contributed by atoms with E-state index in [2.05, 4.69) is 46.4 Å². The van der Waals surface area contributed by atoms with Crippen molar-refractivity contribution in [1.29, 1.82) is 0 Å². The normalized spacial score (nSPS) is 21.5. The summed E-state index contributed by atoms with van der Waals surface area (Å²) in [4.78, 5) is 6.90. The molecule has 2 aliphatic rings. The number of rotatable bonds is 4. The van der Waals surface area contributed by atoms with Crippen molar-refractivity contribution in [3.05, 3.63) is 47.1 Å². The molecule has 0 unspecified atom stereocenters. The Morgan fingerprint density at radius 2 is 2.00 bits per heavy atom. The fraction of sp³-hybridized carbons (Fsp3) is 0.529. The van der Waals surface area contributed by atoms with E-state index >= 15 is 0 Å². The summed E-state index contributed by atoms with van der Waals surface area (Å²) in [5.41, 5.74) is 3.00. The Morgan fingerprint density at radius 3 is 2.81 bits per heavy atom. The van der Waals surface area contributed by atoms with Gasteiger partial charge in [-0.05, 0) is 50.3 Å². The Balaban J connectivity index is 1.41. The second-order valence-corrected chi connectivity index (χ2v) is 6.40. The van der Waals surface area contributed by atoms with E-state index in [9.17, 15) is 0 Å². The third-order valence-electron chi connectivity index (χ3n) is 4.75. The van der Waals surface area contributed by atoms with Gasteiger partial charge >= 0.3 is 0 Å². The zero-order chi connectivity index (χ0) is 14.2. The van der Waals surface area contributed by atoms with Crippen LogP contribution in [0.1, 0.15) is 48.0 Å². The number of aryl methyl sites for hydroxylation is 1. The van der Waals surface area contributed by atoms with Crippen LogP contribution in [0.15, 0.2) is 28.8 Å². The number of fused-ring (bicyclic) bond motifs is 1. The maximum atomic E-state index is 5.35. The molecule has 110 valence electrons. The van der Waals surface area contributed by atoms with Crippen LogP contribution in [0.5, 0.6) is 0 Å². The molecule has 1 saturated carbocycles. The average Bonchev–Trinajstić information content (AvgIpc) is 3.27. The van der Waals surface area contributed by atoms with Crippen molar-refractivity contribution in [2.75, 3.05) is 7.05 Å². The lowest BCUT2D eigenvalue weighted by Gasteiger charge is -2.31. The summed E-state index contributed by atoms with van der Waals surface area (Å²) in [5.74, 6) is 2.21. The predicted octanol–water partition coefficient (Wildman–Crippen LogP) is 2.94. The molecule has 4 heteroatoms. The van der Waals surface area contributed by atoms with Gasteiger partial charge in [0.05, 0.1) is 6.54 Å². The van der Waals surface area contributed by atoms with E-state index in [1.54, 1.807) is 0 Å². The third kappa shape index (κ3) is 2.72. The first kappa shape index (κ1) is 13.0. The summed E-state index contributed by atoms with van der Waals surface area (Å²) in [6, 6.07) is 9.37.